The molecule has 3 aromatic rings. The average Bonchev–Trinajstić information content (AvgIpc) is 3.19. The Labute approximate surface area is 166 Å². The highest BCUT2D eigenvalue weighted by molar-refractivity contribution is 7.09. The summed E-state index contributed by atoms with van der Waals surface area (Å²) in [5.41, 5.74) is 3.34. The number of hydrogen-bond acceptors (Lipinski definition) is 3. The van der Waals surface area contributed by atoms with Gasteiger partial charge in [0.1, 0.15) is 5.82 Å². The van der Waals surface area contributed by atoms with Gasteiger partial charge < -0.3 is 15.0 Å². The Morgan fingerprint density at radius 3 is 2.67 bits per heavy atom. The number of carboxylic acid groups (broad SMARTS) is 1. The molecule has 7 heteroatoms. The normalized spacial score (nSPS) is 11.1. The summed E-state index contributed by atoms with van der Waals surface area (Å²) in [6.45, 7) is 5.22. The maximum Gasteiger partial charge on any atom is 0.337 e. The van der Waals surface area contributed by atoms with Crippen LogP contribution in [-0.2, 0) is 19.6 Å². The zero-order chi connectivity index (χ0) is 19.6. The SMILES string of the molecule is Cc1c(CNCc2cccs2)c(C(=O)O)c(C)n1Cc1ccc(F)cc1Cl. The molecular formula is C20H20ClFN2O2S. The maximum absolute atomic E-state index is 13.3. The van der Waals surface area contributed by atoms with E-state index in [1.54, 1.807) is 24.3 Å². The van der Waals surface area contributed by atoms with Gasteiger partial charge in [-0.15, -0.1) is 11.3 Å². The highest BCUT2D eigenvalue weighted by Gasteiger charge is 2.22. The van der Waals surface area contributed by atoms with E-state index in [-0.39, 0.29) is 0 Å². The Morgan fingerprint density at radius 2 is 2.04 bits per heavy atom. The van der Waals surface area contributed by atoms with E-state index in [4.69, 9.17) is 11.6 Å². The van der Waals surface area contributed by atoms with Gasteiger partial charge in [0.2, 0.25) is 0 Å². The molecule has 0 fully saturated rings. The minimum atomic E-state index is -0.951. The van der Waals surface area contributed by atoms with Crippen LogP contribution >= 0.6 is 22.9 Å². The smallest absolute Gasteiger partial charge is 0.337 e. The van der Waals surface area contributed by atoms with E-state index in [0.717, 1.165) is 16.8 Å². The monoisotopic (exact) mass is 406 g/mol. The van der Waals surface area contributed by atoms with Gasteiger partial charge >= 0.3 is 5.97 Å². The van der Waals surface area contributed by atoms with Gasteiger partial charge in [-0.05, 0) is 43.0 Å². The first-order valence-corrected chi connectivity index (χ1v) is 9.73. The van der Waals surface area contributed by atoms with E-state index in [1.807, 2.05) is 29.0 Å². The first kappa shape index (κ1) is 19.6. The summed E-state index contributed by atoms with van der Waals surface area (Å²) in [7, 11) is 0. The van der Waals surface area contributed by atoms with E-state index >= 15 is 0 Å². The Bertz CT molecular complexity index is 967. The van der Waals surface area contributed by atoms with Gasteiger partial charge in [0.15, 0.2) is 0 Å². The fourth-order valence-corrected chi connectivity index (χ4v) is 4.13. The first-order valence-electron chi connectivity index (χ1n) is 8.47. The molecule has 0 spiro atoms. The summed E-state index contributed by atoms with van der Waals surface area (Å²) in [4.78, 5) is 13.0. The number of aromatic carboxylic acids is 1. The van der Waals surface area contributed by atoms with Crippen molar-refractivity contribution in [3.05, 3.63) is 79.5 Å². The number of halogens is 2. The molecule has 2 heterocycles. The summed E-state index contributed by atoms with van der Waals surface area (Å²) in [6, 6.07) is 8.29. The lowest BCUT2D eigenvalue weighted by Crippen LogP contribution is -2.15. The number of thiophene rings is 1. The molecule has 2 aromatic heterocycles. The van der Waals surface area contributed by atoms with Gasteiger partial charge in [0, 0.05) is 46.5 Å². The van der Waals surface area contributed by atoms with Crippen molar-refractivity contribution in [2.24, 2.45) is 0 Å². The Balaban J connectivity index is 1.89. The van der Waals surface area contributed by atoms with Crippen molar-refractivity contribution in [3.8, 4) is 0 Å². The lowest BCUT2D eigenvalue weighted by molar-refractivity contribution is 0.0694. The number of benzene rings is 1. The second-order valence-electron chi connectivity index (χ2n) is 6.33. The number of carboxylic acids is 1. The zero-order valence-corrected chi connectivity index (χ0v) is 16.6. The summed E-state index contributed by atoms with van der Waals surface area (Å²) < 4.78 is 15.2. The van der Waals surface area contributed by atoms with Gasteiger partial charge in [-0.25, -0.2) is 9.18 Å². The van der Waals surface area contributed by atoms with Crippen LogP contribution in [0.4, 0.5) is 4.39 Å². The number of aromatic nitrogens is 1. The van der Waals surface area contributed by atoms with E-state index < -0.39 is 11.8 Å². The average molecular weight is 407 g/mol. The molecule has 0 aliphatic rings. The van der Waals surface area contributed by atoms with Gasteiger partial charge in [0.05, 0.1) is 5.56 Å². The topological polar surface area (TPSA) is 54.3 Å². The van der Waals surface area contributed by atoms with Crippen molar-refractivity contribution < 1.29 is 14.3 Å². The minimum Gasteiger partial charge on any atom is -0.478 e. The van der Waals surface area contributed by atoms with Crippen LogP contribution in [0.2, 0.25) is 5.02 Å². The Hall–Kier alpha value is -2.15. The molecule has 4 nitrogen and oxygen atoms in total. The molecule has 142 valence electrons. The molecule has 0 aliphatic carbocycles. The van der Waals surface area contributed by atoms with Crippen molar-refractivity contribution in [1.29, 1.82) is 0 Å². The molecule has 0 amide bonds. The molecule has 2 N–H and O–H groups in total. The van der Waals surface area contributed by atoms with Crippen molar-refractivity contribution in [1.82, 2.24) is 9.88 Å². The largest absolute Gasteiger partial charge is 0.478 e. The highest BCUT2D eigenvalue weighted by atomic mass is 35.5. The standard InChI is InChI=1S/C20H20ClFN2O2S/c1-12-17(10-23-9-16-4-3-7-27-16)19(20(25)26)13(2)24(12)11-14-5-6-15(22)8-18(14)21/h3-8,23H,9-11H2,1-2H3,(H,25,26). The molecule has 0 unspecified atom stereocenters. The molecular weight excluding hydrogens is 387 g/mol. The second-order valence-corrected chi connectivity index (χ2v) is 7.77. The van der Waals surface area contributed by atoms with E-state index in [9.17, 15) is 14.3 Å². The highest BCUT2D eigenvalue weighted by Crippen LogP contribution is 2.26. The molecule has 0 aliphatic heterocycles. The summed E-state index contributed by atoms with van der Waals surface area (Å²) in [5, 5.41) is 15.4. The quantitative estimate of drug-likeness (QED) is 0.580. The van der Waals surface area contributed by atoms with Crippen molar-refractivity contribution in [2.75, 3.05) is 0 Å². The minimum absolute atomic E-state index is 0.310. The number of nitrogens with zero attached hydrogens (tertiary/aromatic N) is 1. The molecule has 0 radical (unpaired) electrons. The third-order valence-corrected chi connectivity index (χ3v) is 5.88. The van der Waals surface area contributed by atoms with Crippen LogP contribution < -0.4 is 5.32 Å². The summed E-state index contributed by atoms with van der Waals surface area (Å²) in [5.74, 6) is -1.35. The lowest BCUT2D eigenvalue weighted by Gasteiger charge is -2.11. The van der Waals surface area contributed by atoms with Crippen molar-refractivity contribution in [2.45, 2.75) is 33.5 Å². The van der Waals surface area contributed by atoms with Gasteiger partial charge in [0.25, 0.3) is 0 Å². The zero-order valence-electron chi connectivity index (χ0n) is 15.1. The molecule has 0 saturated heterocycles. The first-order chi connectivity index (χ1) is 12.9. The Morgan fingerprint density at radius 1 is 1.26 bits per heavy atom. The summed E-state index contributed by atoms with van der Waals surface area (Å²) in [6.07, 6.45) is 0. The van der Waals surface area contributed by atoms with Crippen LogP contribution in [-0.4, -0.2) is 15.6 Å². The third-order valence-electron chi connectivity index (χ3n) is 4.65. The molecule has 1 aromatic carbocycles. The van der Waals surface area contributed by atoms with Crippen molar-refractivity contribution in [3.63, 3.8) is 0 Å². The summed E-state index contributed by atoms with van der Waals surface area (Å²) >= 11 is 7.81. The van der Waals surface area contributed by atoms with Crippen molar-refractivity contribution >= 4 is 28.9 Å². The van der Waals surface area contributed by atoms with Crippen LogP contribution in [0, 0.1) is 19.7 Å². The Kier molecular flexibility index (Phi) is 5.99. The van der Waals surface area contributed by atoms with E-state index in [2.05, 4.69) is 5.32 Å². The maximum atomic E-state index is 13.3. The fourth-order valence-electron chi connectivity index (χ4n) is 3.23. The number of hydrogen-bond donors (Lipinski definition) is 2. The second kappa shape index (κ2) is 8.25. The molecule has 0 bridgehead atoms. The van der Waals surface area contributed by atoms with Gasteiger partial charge in [-0.2, -0.15) is 0 Å². The predicted octanol–water partition coefficient (Wildman–Crippen LogP) is 5.00. The number of rotatable bonds is 7. The van der Waals surface area contributed by atoms with Crippen LogP contribution in [0.25, 0.3) is 0 Å². The molecule has 0 atom stereocenters. The van der Waals surface area contributed by atoms with Crippen LogP contribution in [0.1, 0.15) is 37.7 Å². The number of nitrogens with one attached hydrogen (secondary N) is 1. The molecule has 0 saturated carbocycles. The van der Waals surface area contributed by atoms with E-state index in [0.29, 0.717) is 35.9 Å². The molecule has 3 rings (SSSR count). The van der Waals surface area contributed by atoms with Crippen LogP contribution in [0.15, 0.2) is 35.7 Å². The van der Waals surface area contributed by atoms with Crippen LogP contribution in [0.5, 0.6) is 0 Å². The third kappa shape index (κ3) is 4.24. The van der Waals surface area contributed by atoms with Gasteiger partial charge in [-0.1, -0.05) is 23.7 Å². The number of carbonyl (C=O) groups is 1. The lowest BCUT2D eigenvalue weighted by atomic mass is 10.1. The predicted molar refractivity (Wildman–Crippen MR) is 106 cm³/mol. The van der Waals surface area contributed by atoms with Crippen LogP contribution in [0.3, 0.4) is 0 Å². The van der Waals surface area contributed by atoms with E-state index in [1.165, 1.54) is 17.0 Å². The fraction of sp³-hybridized carbons (Fsp3) is 0.250. The molecule has 27 heavy (non-hydrogen) atoms. The van der Waals surface area contributed by atoms with Gasteiger partial charge in [-0.3, -0.25) is 0 Å².